The molecule has 0 spiro atoms. The number of fused-ring (bicyclic) bond motifs is 1. The average molecular weight is 491 g/mol. The van der Waals surface area contributed by atoms with Crippen molar-refractivity contribution in [3.63, 3.8) is 0 Å². The molecule has 2 aromatic carbocycles. The summed E-state index contributed by atoms with van der Waals surface area (Å²) in [5, 5.41) is 3.85. The van der Waals surface area contributed by atoms with Gasteiger partial charge in [0, 0.05) is 16.8 Å². The van der Waals surface area contributed by atoms with E-state index in [0.29, 0.717) is 12.4 Å². The van der Waals surface area contributed by atoms with Gasteiger partial charge in [0.15, 0.2) is 11.5 Å². The molecule has 4 rings (SSSR count). The summed E-state index contributed by atoms with van der Waals surface area (Å²) in [6, 6.07) is 15.4. The van der Waals surface area contributed by atoms with Gasteiger partial charge in [0.05, 0.1) is 18.3 Å². The maximum absolute atomic E-state index is 13.4. The number of hydrogen-bond acceptors (Lipinski definition) is 5. The largest absolute Gasteiger partial charge is 0.490 e. The monoisotopic (exact) mass is 490 g/mol. The number of thiophene rings is 1. The van der Waals surface area contributed by atoms with Gasteiger partial charge in [-0.1, -0.05) is 31.0 Å². The first-order valence-corrected chi connectivity index (χ1v) is 13.3. The van der Waals surface area contributed by atoms with Crippen molar-refractivity contribution in [1.29, 1.82) is 0 Å². The molecule has 0 radical (unpaired) electrons. The molecular weight excluding hydrogens is 456 g/mol. The highest BCUT2D eigenvalue weighted by Gasteiger charge is 2.24. The second-order valence-electron chi connectivity index (χ2n) is 8.98. The Morgan fingerprint density at radius 2 is 1.83 bits per heavy atom. The molecule has 6 heteroatoms. The van der Waals surface area contributed by atoms with Crippen molar-refractivity contribution in [3.05, 3.63) is 70.1 Å². The zero-order chi connectivity index (χ0) is 24.6. The zero-order valence-corrected chi connectivity index (χ0v) is 21.6. The number of para-hydroxylation sites is 1. The minimum absolute atomic E-state index is 0.0602. The van der Waals surface area contributed by atoms with Gasteiger partial charge in [-0.2, -0.15) is 0 Å². The third kappa shape index (κ3) is 6.51. The number of amides is 1. The molecule has 0 unspecified atom stereocenters. The Kier molecular flexibility index (Phi) is 8.59. The van der Waals surface area contributed by atoms with Crippen molar-refractivity contribution < 1.29 is 14.3 Å². The number of rotatable bonds is 8. The van der Waals surface area contributed by atoms with Gasteiger partial charge in [-0.25, -0.2) is 4.99 Å². The summed E-state index contributed by atoms with van der Waals surface area (Å²) in [6.07, 6.45) is 8.53. The number of aliphatic imine (C=N–C) groups is 1. The summed E-state index contributed by atoms with van der Waals surface area (Å²) < 4.78 is 11.7. The first-order chi connectivity index (χ1) is 17.0. The number of nitrogens with one attached hydrogen (secondary N) is 1. The van der Waals surface area contributed by atoms with Gasteiger partial charge in [-0.15, -0.1) is 11.3 Å². The van der Waals surface area contributed by atoms with Crippen molar-refractivity contribution >= 4 is 34.1 Å². The van der Waals surface area contributed by atoms with Crippen LogP contribution in [0.15, 0.2) is 53.5 Å². The van der Waals surface area contributed by atoms with Crippen LogP contribution in [0.3, 0.4) is 0 Å². The van der Waals surface area contributed by atoms with Crippen LogP contribution in [0, 0.1) is 0 Å². The quantitative estimate of drug-likeness (QED) is 0.331. The number of nitrogens with zero attached hydrogens (tertiary/aromatic N) is 1. The van der Waals surface area contributed by atoms with E-state index in [9.17, 15) is 4.79 Å². The lowest BCUT2D eigenvalue weighted by Gasteiger charge is -2.14. The molecule has 1 amide bonds. The van der Waals surface area contributed by atoms with Crippen molar-refractivity contribution in [2.45, 2.75) is 65.4 Å². The summed E-state index contributed by atoms with van der Waals surface area (Å²) in [5.41, 5.74) is 3.59. The Balaban J connectivity index is 1.67. The van der Waals surface area contributed by atoms with Crippen molar-refractivity contribution in [2.75, 3.05) is 11.9 Å². The smallest absolute Gasteiger partial charge is 0.259 e. The molecule has 184 valence electrons. The predicted octanol–water partition coefficient (Wildman–Crippen LogP) is 7.60. The SMILES string of the molecule is CCOc1cc(C=Nc2sc3c(c2C(=O)Nc2ccccc2)CCCCCC3)ccc1OC(C)C. The summed E-state index contributed by atoms with van der Waals surface area (Å²) in [5.74, 6) is 1.34. The van der Waals surface area contributed by atoms with Gasteiger partial charge in [0.2, 0.25) is 0 Å². The maximum Gasteiger partial charge on any atom is 0.259 e. The summed E-state index contributed by atoms with van der Waals surface area (Å²) in [7, 11) is 0. The minimum atomic E-state index is -0.0860. The van der Waals surface area contributed by atoms with E-state index in [-0.39, 0.29) is 12.0 Å². The fourth-order valence-electron chi connectivity index (χ4n) is 4.30. The van der Waals surface area contributed by atoms with Crippen molar-refractivity contribution in [3.8, 4) is 11.5 Å². The van der Waals surface area contributed by atoms with Crippen LogP contribution in [-0.2, 0) is 12.8 Å². The van der Waals surface area contributed by atoms with Crippen LogP contribution in [0.25, 0.3) is 0 Å². The Bertz CT molecular complexity index is 1170. The molecule has 1 aliphatic carbocycles. The lowest BCUT2D eigenvalue weighted by molar-refractivity contribution is 0.102. The van der Waals surface area contributed by atoms with Gasteiger partial charge in [0.25, 0.3) is 5.91 Å². The molecule has 1 N–H and O–H groups in total. The van der Waals surface area contributed by atoms with Crippen molar-refractivity contribution in [1.82, 2.24) is 0 Å². The molecule has 1 aromatic heterocycles. The van der Waals surface area contributed by atoms with E-state index >= 15 is 0 Å². The highest BCUT2D eigenvalue weighted by atomic mass is 32.1. The third-order valence-corrected chi connectivity index (χ3v) is 7.07. The van der Waals surface area contributed by atoms with Gasteiger partial charge < -0.3 is 14.8 Å². The first kappa shape index (κ1) is 25.0. The summed E-state index contributed by atoms with van der Waals surface area (Å²) in [4.78, 5) is 19.6. The Hall–Kier alpha value is -3.12. The van der Waals surface area contributed by atoms with E-state index in [0.717, 1.165) is 53.2 Å². The van der Waals surface area contributed by atoms with Crippen LogP contribution in [0.2, 0.25) is 0 Å². The van der Waals surface area contributed by atoms with E-state index in [1.165, 1.54) is 23.3 Å². The molecule has 0 saturated heterocycles. The van der Waals surface area contributed by atoms with Crippen LogP contribution in [0.1, 0.15) is 72.8 Å². The number of ether oxygens (including phenoxy) is 2. The number of benzene rings is 2. The molecule has 35 heavy (non-hydrogen) atoms. The minimum Gasteiger partial charge on any atom is -0.490 e. The second-order valence-corrected chi connectivity index (χ2v) is 10.1. The van der Waals surface area contributed by atoms with E-state index in [1.807, 2.05) is 75.5 Å². The van der Waals surface area contributed by atoms with E-state index < -0.39 is 0 Å². The van der Waals surface area contributed by atoms with Crippen LogP contribution in [0.5, 0.6) is 11.5 Å². The summed E-state index contributed by atoms with van der Waals surface area (Å²) in [6.45, 7) is 6.50. The number of carbonyl (C=O) groups excluding carboxylic acids is 1. The molecule has 3 aromatic rings. The predicted molar refractivity (Wildman–Crippen MR) is 145 cm³/mol. The molecular formula is C29H34N2O3S. The van der Waals surface area contributed by atoms with E-state index in [2.05, 4.69) is 5.32 Å². The third-order valence-electron chi connectivity index (χ3n) is 5.87. The average Bonchev–Trinajstić information content (AvgIpc) is 3.16. The molecule has 0 atom stereocenters. The van der Waals surface area contributed by atoms with Gasteiger partial charge in [-0.3, -0.25) is 4.79 Å². The number of anilines is 1. The topological polar surface area (TPSA) is 59.9 Å². The maximum atomic E-state index is 13.4. The lowest BCUT2D eigenvalue weighted by atomic mass is 9.96. The fourth-order valence-corrected chi connectivity index (χ4v) is 5.53. The van der Waals surface area contributed by atoms with Crippen LogP contribution in [-0.4, -0.2) is 24.8 Å². The highest BCUT2D eigenvalue weighted by molar-refractivity contribution is 7.16. The number of aryl methyl sites for hydroxylation is 1. The van der Waals surface area contributed by atoms with E-state index in [1.54, 1.807) is 11.3 Å². The molecule has 0 saturated carbocycles. The Morgan fingerprint density at radius 1 is 1.06 bits per heavy atom. The zero-order valence-electron chi connectivity index (χ0n) is 20.8. The fraction of sp³-hybridized carbons (Fsp3) is 0.379. The highest BCUT2D eigenvalue weighted by Crippen LogP contribution is 2.39. The molecule has 1 aliphatic rings. The van der Waals surface area contributed by atoms with Crippen LogP contribution in [0.4, 0.5) is 10.7 Å². The number of hydrogen-bond donors (Lipinski definition) is 1. The van der Waals surface area contributed by atoms with E-state index in [4.69, 9.17) is 14.5 Å². The number of carbonyl (C=O) groups is 1. The molecule has 0 bridgehead atoms. The molecule has 0 aliphatic heterocycles. The first-order valence-electron chi connectivity index (χ1n) is 12.5. The normalized spacial score (nSPS) is 13.8. The second kappa shape index (κ2) is 12.0. The molecule has 5 nitrogen and oxygen atoms in total. The molecule has 0 fully saturated rings. The van der Waals surface area contributed by atoms with Crippen LogP contribution < -0.4 is 14.8 Å². The Labute approximate surface area is 212 Å². The lowest BCUT2D eigenvalue weighted by Crippen LogP contribution is -2.14. The molecule has 1 heterocycles. The summed E-state index contributed by atoms with van der Waals surface area (Å²) >= 11 is 1.65. The van der Waals surface area contributed by atoms with Gasteiger partial charge in [0.1, 0.15) is 5.00 Å². The van der Waals surface area contributed by atoms with Gasteiger partial charge >= 0.3 is 0 Å². The Morgan fingerprint density at radius 3 is 2.57 bits per heavy atom. The van der Waals surface area contributed by atoms with Gasteiger partial charge in [-0.05, 0) is 87.9 Å². The van der Waals surface area contributed by atoms with Crippen molar-refractivity contribution in [2.24, 2.45) is 4.99 Å². The van der Waals surface area contributed by atoms with Crippen LogP contribution >= 0.6 is 11.3 Å². The standard InChI is InChI=1S/C29H34N2O3S/c1-4-33-25-18-21(16-17-24(25)34-20(2)3)19-30-29-27(28(32)31-22-12-8-7-9-13-22)23-14-10-5-6-11-15-26(23)35-29/h7-9,12-13,16-20H,4-6,10-11,14-15H2,1-3H3,(H,31,32).